The standard InChI is InChI=1S/C23H34N2O3S/c1-3-5-15-28-22(26)20-16-29-21(18-12-7-6-8-13-18)25(20)23(27)24-19-14-10-9-11-17(19)4-2/h9-11,14,18,20-21H,3-8,12-13,15-16H2,1-2H3,(H,24,27)/t20-,21+/m1/s1. The summed E-state index contributed by atoms with van der Waals surface area (Å²) in [5.74, 6) is 0.812. The van der Waals surface area contributed by atoms with Crippen molar-refractivity contribution in [2.45, 2.75) is 76.6 Å². The number of carbonyl (C=O) groups is 2. The van der Waals surface area contributed by atoms with Gasteiger partial charge in [-0.2, -0.15) is 0 Å². The Morgan fingerprint density at radius 1 is 1.17 bits per heavy atom. The van der Waals surface area contributed by atoms with Crippen molar-refractivity contribution in [2.75, 3.05) is 17.7 Å². The Kier molecular flexibility index (Phi) is 8.28. The van der Waals surface area contributed by atoms with Gasteiger partial charge in [-0.3, -0.25) is 4.90 Å². The quantitative estimate of drug-likeness (QED) is 0.473. The summed E-state index contributed by atoms with van der Waals surface area (Å²) in [5.41, 5.74) is 1.93. The van der Waals surface area contributed by atoms with E-state index < -0.39 is 6.04 Å². The maximum atomic E-state index is 13.4. The molecule has 1 aliphatic heterocycles. The van der Waals surface area contributed by atoms with Gasteiger partial charge in [0.25, 0.3) is 0 Å². The van der Waals surface area contributed by atoms with E-state index in [1.54, 1.807) is 16.7 Å². The van der Waals surface area contributed by atoms with E-state index in [0.29, 0.717) is 18.3 Å². The van der Waals surface area contributed by atoms with E-state index in [0.717, 1.165) is 43.4 Å². The van der Waals surface area contributed by atoms with Crippen LogP contribution in [0, 0.1) is 5.92 Å². The molecule has 3 rings (SSSR count). The van der Waals surface area contributed by atoms with Crippen molar-refractivity contribution in [2.24, 2.45) is 5.92 Å². The van der Waals surface area contributed by atoms with Crippen LogP contribution in [0.4, 0.5) is 10.5 Å². The molecular weight excluding hydrogens is 384 g/mol. The van der Waals surface area contributed by atoms with Gasteiger partial charge >= 0.3 is 12.0 Å². The van der Waals surface area contributed by atoms with Gasteiger partial charge in [0.2, 0.25) is 0 Å². The lowest BCUT2D eigenvalue weighted by atomic mass is 9.88. The number of para-hydroxylation sites is 1. The number of urea groups is 1. The number of hydrogen-bond acceptors (Lipinski definition) is 4. The van der Waals surface area contributed by atoms with Crippen LogP contribution in [-0.2, 0) is 16.0 Å². The number of nitrogens with one attached hydrogen (secondary N) is 1. The van der Waals surface area contributed by atoms with Crippen LogP contribution in [0.3, 0.4) is 0 Å². The minimum Gasteiger partial charge on any atom is -0.464 e. The van der Waals surface area contributed by atoms with Crippen LogP contribution in [0.25, 0.3) is 0 Å². The number of aryl methyl sites for hydroxylation is 1. The van der Waals surface area contributed by atoms with Crippen molar-refractivity contribution in [1.82, 2.24) is 4.90 Å². The molecule has 1 aromatic carbocycles. The average Bonchev–Trinajstić information content (AvgIpc) is 3.20. The molecule has 2 atom stereocenters. The Labute approximate surface area is 178 Å². The number of ether oxygens (including phenoxy) is 1. The highest BCUT2D eigenvalue weighted by Gasteiger charge is 2.45. The summed E-state index contributed by atoms with van der Waals surface area (Å²) in [6.45, 7) is 4.58. The summed E-state index contributed by atoms with van der Waals surface area (Å²) < 4.78 is 5.50. The molecular formula is C23H34N2O3S. The molecule has 1 aromatic rings. The summed E-state index contributed by atoms with van der Waals surface area (Å²) >= 11 is 1.75. The Morgan fingerprint density at radius 3 is 2.66 bits per heavy atom. The minimum atomic E-state index is -0.502. The highest BCUT2D eigenvalue weighted by molar-refractivity contribution is 8.00. The molecule has 5 nitrogen and oxygen atoms in total. The molecule has 0 aromatic heterocycles. The van der Waals surface area contributed by atoms with Gasteiger partial charge in [-0.25, -0.2) is 9.59 Å². The first-order valence-corrected chi connectivity index (χ1v) is 12.2. The second-order valence-electron chi connectivity index (χ2n) is 8.01. The number of hydrogen-bond donors (Lipinski definition) is 1. The third-order valence-electron chi connectivity index (χ3n) is 5.98. The van der Waals surface area contributed by atoms with Crippen LogP contribution in [0.2, 0.25) is 0 Å². The normalized spacial score (nSPS) is 22.5. The summed E-state index contributed by atoms with van der Waals surface area (Å²) in [6, 6.07) is 7.20. The van der Waals surface area contributed by atoms with E-state index in [4.69, 9.17) is 4.74 Å². The van der Waals surface area contributed by atoms with E-state index >= 15 is 0 Å². The lowest BCUT2D eigenvalue weighted by Gasteiger charge is -2.35. The lowest BCUT2D eigenvalue weighted by molar-refractivity contribution is -0.148. The van der Waals surface area contributed by atoms with Crippen molar-refractivity contribution in [3.05, 3.63) is 29.8 Å². The Balaban J connectivity index is 1.78. The second-order valence-corrected chi connectivity index (χ2v) is 9.16. The molecule has 1 saturated carbocycles. The fourth-order valence-electron chi connectivity index (χ4n) is 4.29. The first kappa shape index (κ1) is 22.0. The fourth-order valence-corrected chi connectivity index (χ4v) is 5.92. The Morgan fingerprint density at radius 2 is 1.93 bits per heavy atom. The van der Waals surface area contributed by atoms with Crippen molar-refractivity contribution in [1.29, 1.82) is 0 Å². The van der Waals surface area contributed by atoms with Gasteiger partial charge in [0.05, 0.1) is 12.0 Å². The topological polar surface area (TPSA) is 58.6 Å². The Hall–Kier alpha value is -1.69. The van der Waals surface area contributed by atoms with Crippen LogP contribution < -0.4 is 5.32 Å². The molecule has 6 heteroatoms. The highest BCUT2D eigenvalue weighted by atomic mass is 32.2. The number of benzene rings is 1. The lowest BCUT2D eigenvalue weighted by Crippen LogP contribution is -2.50. The monoisotopic (exact) mass is 418 g/mol. The van der Waals surface area contributed by atoms with Gasteiger partial charge in [-0.1, -0.05) is 57.7 Å². The molecule has 2 fully saturated rings. The molecule has 1 heterocycles. The maximum absolute atomic E-state index is 13.4. The van der Waals surface area contributed by atoms with E-state index in [-0.39, 0.29) is 17.4 Å². The SMILES string of the molecule is CCCCOC(=O)[C@H]1CS[C@@H](C2CCCCC2)N1C(=O)Nc1ccccc1CC. The van der Waals surface area contributed by atoms with Crippen molar-refractivity contribution in [3.8, 4) is 0 Å². The summed E-state index contributed by atoms with van der Waals surface area (Å²) in [7, 11) is 0. The maximum Gasteiger partial charge on any atom is 0.329 e. The highest BCUT2D eigenvalue weighted by Crippen LogP contribution is 2.41. The zero-order valence-electron chi connectivity index (χ0n) is 17.7. The minimum absolute atomic E-state index is 0.0489. The van der Waals surface area contributed by atoms with Crippen molar-refractivity contribution in [3.63, 3.8) is 0 Å². The van der Waals surface area contributed by atoms with Gasteiger partial charge in [0.15, 0.2) is 0 Å². The molecule has 1 saturated heterocycles. The number of rotatable bonds is 7. The zero-order chi connectivity index (χ0) is 20.6. The zero-order valence-corrected chi connectivity index (χ0v) is 18.5. The van der Waals surface area contributed by atoms with Crippen LogP contribution >= 0.6 is 11.8 Å². The van der Waals surface area contributed by atoms with Gasteiger partial charge in [0, 0.05) is 11.4 Å². The number of anilines is 1. The van der Waals surface area contributed by atoms with Gasteiger partial charge in [-0.05, 0) is 43.2 Å². The summed E-state index contributed by atoms with van der Waals surface area (Å²) in [5, 5.41) is 3.14. The predicted molar refractivity (Wildman–Crippen MR) is 119 cm³/mol. The van der Waals surface area contributed by atoms with E-state index in [1.165, 1.54) is 19.3 Å². The third kappa shape index (κ3) is 5.47. The smallest absolute Gasteiger partial charge is 0.329 e. The first-order valence-electron chi connectivity index (χ1n) is 11.1. The average molecular weight is 419 g/mol. The molecule has 1 aliphatic carbocycles. The molecule has 29 heavy (non-hydrogen) atoms. The molecule has 0 unspecified atom stereocenters. The number of thioether (sulfide) groups is 1. The predicted octanol–water partition coefficient (Wildman–Crippen LogP) is 5.45. The number of esters is 1. The van der Waals surface area contributed by atoms with Gasteiger partial charge < -0.3 is 10.1 Å². The van der Waals surface area contributed by atoms with Crippen LogP contribution in [0.15, 0.2) is 24.3 Å². The molecule has 2 aliphatic rings. The molecule has 0 bridgehead atoms. The van der Waals surface area contributed by atoms with E-state index in [2.05, 4.69) is 19.2 Å². The number of amides is 2. The number of nitrogens with zero attached hydrogens (tertiary/aromatic N) is 1. The molecule has 160 valence electrons. The van der Waals surface area contributed by atoms with E-state index in [1.807, 2.05) is 24.3 Å². The van der Waals surface area contributed by atoms with Gasteiger partial charge in [0.1, 0.15) is 6.04 Å². The second kappa shape index (κ2) is 10.9. The molecule has 0 radical (unpaired) electrons. The van der Waals surface area contributed by atoms with E-state index in [9.17, 15) is 9.59 Å². The molecule has 0 spiro atoms. The van der Waals surface area contributed by atoms with Gasteiger partial charge in [-0.15, -0.1) is 11.8 Å². The number of unbranched alkanes of at least 4 members (excludes halogenated alkanes) is 1. The fraction of sp³-hybridized carbons (Fsp3) is 0.652. The largest absolute Gasteiger partial charge is 0.464 e. The Bertz CT molecular complexity index is 690. The summed E-state index contributed by atoms with van der Waals surface area (Å²) in [4.78, 5) is 27.9. The van der Waals surface area contributed by atoms with Crippen LogP contribution in [0.5, 0.6) is 0 Å². The van der Waals surface area contributed by atoms with Crippen LogP contribution in [0.1, 0.15) is 64.4 Å². The molecule has 2 amide bonds. The van der Waals surface area contributed by atoms with Crippen LogP contribution in [-0.4, -0.2) is 40.7 Å². The van der Waals surface area contributed by atoms with Crippen molar-refractivity contribution < 1.29 is 14.3 Å². The first-order chi connectivity index (χ1) is 14.2. The third-order valence-corrected chi connectivity index (χ3v) is 7.44. The summed E-state index contributed by atoms with van der Waals surface area (Å²) in [6.07, 6.45) is 8.63. The number of carbonyl (C=O) groups excluding carboxylic acids is 2. The molecule has 1 N–H and O–H groups in total. The van der Waals surface area contributed by atoms with Crippen molar-refractivity contribution >= 4 is 29.4 Å².